The molecule has 1 amide bonds. The first-order valence-electron chi connectivity index (χ1n) is 8.03. The van der Waals surface area contributed by atoms with Gasteiger partial charge in [-0.15, -0.1) is 0 Å². The standard InChI is InChI=1S/C20H15N5O/c21-20(26)13-5-7-16(8-6-13)25-19-10-18(23-12-24-19)15-9-14-3-1-2-4-17(14)22-11-15/h1-12H,(H2,21,26)(H,23,24,25). The summed E-state index contributed by atoms with van der Waals surface area (Å²) in [6.45, 7) is 0. The Hall–Kier alpha value is -3.80. The van der Waals surface area contributed by atoms with Gasteiger partial charge in [0.2, 0.25) is 5.91 Å². The number of anilines is 2. The Labute approximate surface area is 149 Å². The number of hydrogen-bond acceptors (Lipinski definition) is 5. The number of pyridine rings is 1. The van der Waals surface area contributed by atoms with E-state index in [4.69, 9.17) is 5.73 Å². The fourth-order valence-electron chi connectivity index (χ4n) is 2.66. The van der Waals surface area contributed by atoms with Crippen molar-refractivity contribution in [3.8, 4) is 11.3 Å². The second-order valence-corrected chi connectivity index (χ2v) is 5.77. The summed E-state index contributed by atoms with van der Waals surface area (Å²) in [4.78, 5) is 24.2. The number of carbonyl (C=O) groups excluding carboxylic acids is 1. The number of benzene rings is 2. The minimum atomic E-state index is -0.454. The number of para-hydroxylation sites is 1. The first-order chi connectivity index (χ1) is 12.7. The molecule has 0 saturated carbocycles. The van der Waals surface area contributed by atoms with Gasteiger partial charge in [-0.1, -0.05) is 18.2 Å². The van der Waals surface area contributed by atoms with E-state index in [2.05, 4.69) is 26.3 Å². The summed E-state index contributed by atoms with van der Waals surface area (Å²) >= 11 is 0. The zero-order chi connectivity index (χ0) is 17.9. The Kier molecular flexibility index (Phi) is 3.99. The van der Waals surface area contributed by atoms with Crippen LogP contribution in [0.3, 0.4) is 0 Å². The van der Waals surface area contributed by atoms with Crippen molar-refractivity contribution in [1.29, 1.82) is 0 Å². The number of primary amides is 1. The van der Waals surface area contributed by atoms with Crippen LogP contribution in [0, 0.1) is 0 Å². The van der Waals surface area contributed by atoms with Crippen molar-refractivity contribution in [1.82, 2.24) is 15.0 Å². The Bertz CT molecular complexity index is 1090. The van der Waals surface area contributed by atoms with Gasteiger partial charge in [0, 0.05) is 34.5 Å². The van der Waals surface area contributed by atoms with E-state index < -0.39 is 5.91 Å². The van der Waals surface area contributed by atoms with Crippen molar-refractivity contribution in [2.45, 2.75) is 0 Å². The maximum atomic E-state index is 11.1. The normalized spacial score (nSPS) is 10.6. The zero-order valence-corrected chi connectivity index (χ0v) is 13.8. The number of amides is 1. The van der Waals surface area contributed by atoms with Crippen molar-refractivity contribution < 1.29 is 4.79 Å². The Morgan fingerprint density at radius 3 is 2.54 bits per heavy atom. The molecular weight excluding hydrogens is 326 g/mol. The largest absolute Gasteiger partial charge is 0.366 e. The molecule has 0 saturated heterocycles. The maximum absolute atomic E-state index is 11.1. The highest BCUT2D eigenvalue weighted by molar-refractivity contribution is 5.93. The molecular formula is C20H15N5O. The first kappa shape index (κ1) is 15.7. The van der Waals surface area contributed by atoms with Crippen LogP contribution in [-0.2, 0) is 0 Å². The third kappa shape index (κ3) is 3.21. The number of fused-ring (bicyclic) bond motifs is 1. The molecule has 2 aromatic heterocycles. The van der Waals surface area contributed by atoms with Crippen LogP contribution >= 0.6 is 0 Å². The van der Waals surface area contributed by atoms with E-state index >= 15 is 0 Å². The van der Waals surface area contributed by atoms with Gasteiger partial charge in [-0.05, 0) is 36.4 Å². The van der Waals surface area contributed by atoms with Crippen molar-refractivity contribution in [3.05, 3.63) is 78.8 Å². The summed E-state index contributed by atoms with van der Waals surface area (Å²) < 4.78 is 0. The molecule has 0 bridgehead atoms. The van der Waals surface area contributed by atoms with Gasteiger partial charge in [0.1, 0.15) is 12.1 Å². The van der Waals surface area contributed by atoms with Crippen LogP contribution in [0.25, 0.3) is 22.2 Å². The number of carbonyl (C=O) groups is 1. The Balaban J connectivity index is 1.62. The minimum Gasteiger partial charge on any atom is -0.366 e. The summed E-state index contributed by atoms with van der Waals surface area (Å²) in [6.07, 6.45) is 3.31. The highest BCUT2D eigenvalue weighted by atomic mass is 16.1. The lowest BCUT2D eigenvalue weighted by atomic mass is 10.1. The average Bonchev–Trinajstić information content (AvgIpc) is 2.68. The fourth-order valence-corrected chi connectivity index (χ4v) is 2.66. The van der Waals surface area contributed by atoms with Crippen LogP contribution in [0.5, 0.6) is 0 Å². The topological polar surface area (TPSA) is 93.8 Å². The number of hydrogen-bond donors (Lipinski definition) is 2. The third-order valence-corrected chi connectivity index (χ3v) is 4.00. The van der Waals surface area contributed by atoms with Gasteiger partial charge in [0.15, 0.2) is 0 Å². The minimum absolute atomic E-state index is 0.454. The molecule has 0 aliphatic carbocycles. The number of nitrogens with one attached hydrogen (secondary N) is 1. The molecule has 2 aromatic carbocycles. The van der Waals surface area contributed by atoms with E-state index in [1.165, 1.54) is 6.33 Å². The van der Waals surface area contributed by atoms with Crippen molar-refractivity contribution in [2.75, 3.05) is 5.32 Å². The molecule has 6 heteroatoms. The molecule has 3 N–H and O–H groups in total. The lowest BCUT2D eigenvalue weighted by Gasteiger charge is -2.08. The third-order valence-electron chi connectivity index (χ3n) is 4.00. The molecule has 4 rings (SSSR count). The van der Waals surface area contributed by atoms with Crippen molar-refractivity contribution in [3.63, 3.8) is 0 Å². The van der Waals surface area contributed by atoms with E-state index in [9.17, 15) is 4.79 Å². The van der Waals surface area contributed by atoms with Gasteiger partial charge < -0.3 is 11.1 Å². The smallest absolute Gasteiger partial charge is 0.248 e. The van der Waals surface area contributed by atoms with Crippen molar-refractivity contribution >= 4 is 28.3 Å². The second-order valence-electron chi connectivity index (χ2n) is 5.77. The predicted molar refractivity (Wildman–Crippen MR) is 101 cm³/mol. The van der Waals surface area contributed by atoms with Crippen molar-refractivity contribution in [2.24, 2.45) is 5.73 Å². The van der Waals surface area contributed by atoms with Crippen LogP contribution in [0.2, 0.25) is 0 Å². The molecule has 0 radical (unpaired) electrons. The SMILES string of the molecule is NC(=O)c1ccc(Nc2cc(-c3cnc4ccccc4c3)ncn2)cc1. The van der Waals surface area contributed by atoms with E-state index in [-0.39, 0.29) is 0 Å². The van der Waals surface area contributed by atoms with Crippen LogP contribution in [0.1, 0.15) is 10.4 Å². The average molecular weight is 341 g/mol. The van der Waals surface area contributed by atoms with Crippen LogP contribution in [0.4, 0.5) is 11.5 Å². The molecule has 6 nitrogen and oxygen atoms in total. The Morgan fingerprint density at radius 1 is 0.923 bits per heavy atom. The number of aromatic nitrogens is 3. The molecule has 4 aromatic rings. The van der Waals surface area contributed by atoms with E-state index in [1.54, 1.807) is 30.5 Å². The molecule has 126 valence electrons. The number of nitrogens with two attached hydrogens (primary N) is 1. The summed E-state index contributed by atoms with van der Waals surface area (Å²) in [6, 6.07) is 18.7. The molecule has 0 spiro atoms. The van der Waals surface area contributed by atoms with E-state index in [0.29, 0.717) is 11.4 Å². The number of nitrogens with zero attached hydrogens (tertiary/aromatic N) is 3. The Morgan fingerprint density at radius 2 is 1.73 bits per heavy atom. The summed E-state index contributed by atoms with van der Waals surface area (Å²) in [5.41, 5.74) is 9.15. The predicted octanol–water partition coefficient (Wildman–Crippen LogP) is 3.53. The first-order valence-corrected chi connectivity index (χ1v) is 8.03. The summed E-state index contributed by atoms with van der Waals surface area (Å²) in [7, 11) is 0. The fraction of sp³-hybridized carbons (Fsp3) is 0. The monoisotopic (exact) mass is 341 g/mol. The quantitative estimate of drug-likeness (QED) is 0.592. The molecule has 0 aliphatic rings. The highest BCUT2D eigenvalue weighted by Gasteiger charge is 2.05. The van der Waals surface area contributed by atoms with Crippen LogP contribution in [0.15, 0.2) is 73.2 Å². The lowest BCUT2D eigenvalue weighted by Crippen LogP contribution is -2.10. The summed E-state index contributed by atoms with van der Waals surface area (Å²) in [5.74, 6) is 0.194. The van der Waals surface area contributed by atoms with Gasteiger partial charge in [0.25, 0.3) is 0 Å². The van der Waals surface area contributed by atoms with Gasteiger partial charge in [0.05, 0.1) is 11.2 Å². The van der Waals surface area contributed by atoms with E-state index in [0.717, 1.165) is 27.8 Å². The summed E-state index contributed by atoms with van der Waals surface area (Å²) in [5, 5.41) is 4.25. The zero-order valence-electron chi connectivity index (χ0n) is 13.8. The van der Waals surface area contributed by atoms with Gasteiger partial charge in [-0.25, -0.2) is 9.97 Å². The number of rotatable bonds is 4. The maximum Gasteiger partial charge on any atom is 0.248 e. The van der Waals surface area contributed by atoms with E-state index in [1.807, 2.05) is 30.3 Å². The highest BCUT2D eigenvalue weighted by Crippen LogP contribution is 2.23. The lowest BCUT2D eigenvalue weighted by molar-refractivity contribution is 0.100. The van der Waals surface area contributed by atoms with Gasteiger partial charge in [-0.2, -0.15) is 0 Å². The molecule has 26 heavy (non-hydrogen) atoms. The second kappa shape index (κ2) is 6.60. The molecule has 0 atom stereocenters. The molecule has 2 heterocycles. The molecule has 0 aliphatic heterocycles. The van der Waals surface area contributed by atoms with Crippen LogP contribution < -0.4 is 11.1 Å². The molecule has 0 unspecified atom stereocenters. The molecule has 0 fully saturated rings. The van der Waals surface area contributed by atoms with Crippen LogP contribution in [-0.4, -0.2) is 20.9 Å². The van der Waals surface area contributed by atoms with Gasteiger partial charge in [-0.3, -0.25) is 9.78 Å². The van der Waals surface area contributed by atoms with Gasteiger partial charge >= 0.3 is 0 Å².